The molecule has 18 heavy (non-hydrogen) atoms. The van der Waals surface area contributed by atoms with Gasteiger partial charge in [-0.15, -0.1) is 0 Å². The van der Waals surface area contributed by atoms with E-state index >= 15 is 0 Å². The molecular weight excluding hydrogens is 294 g/mol. The number of nitrogens with zero attached hydrogens (tertiary/aromatic N) is 3. The van der Waals surface area contributed by atoms with Crippen LogP contribution in [0.15, 0.2) is 4.47 Å². The highest BCUT2D eigenvalue weighted by Gasteiger charge is 2.27. The van der Waals surface area contributed by atoms with Crippen LogP contribution in [0.5, 0.6) is 0 Å². The van der Waals surface area contributed by atoms with Gasteiger partial charge >= 0.3 is 0 Å². The van der Waals surface area contributed by atoms with Gasteiger partial charge in [-0.25, -0.2) is 0 Å². The highest BCUT2D eigenvalue weighted by molar-refractivity contribution is 9.10. The topological polar surface area (TPSA) is 38.1 Å². The molecule has 1 aliphatic heterocycles. The molecule has 0 N–H and O–H groups in total. The van der Waals surface area contributed by atoms with Crippen molar-refractivity contribution in [3.05, 3.63) is 15.9 Å². The average molecular weight is 314 g/mol. The molecule has 4 nitrogen and oxygen atoms in total. The van der Waals surface area contributed by atoms with Crippen molar-refractivity contribution < 1.29 is 4.79 Å². The lowest BCUT2D eigenvalue weighted by atomic mass is 10.1. The minimum Gasteiger partial charge on any atom is -0.300 e. The van der Waals surface area contributed by atoms with E-state index < -0.39 is 0 Å². The van der Waals surface area contributed by atoms with Crippen LogP contribution in [-0.2, 0) is 18.4 Å². The minimum atomic E-state index is 0.284. The molecule has 1 unspecified atom stereocenters. The van der Waals surface area contributed by atoms with Gasteiger partial charge in [0.25, 0.3) is 0 Å². The van der Waals surface area contributed by atoms with Gasteiger partial charge in [0, 0.05) is 26.1 Å². The van der Waals surface area contributed by atoms with Gasteiger partial charge < -0.3 is 0 Å². The predicted molar refractivity (Wildman–Crippen MR) is 74.4 cm³/mol. The van der Waals surface area contributed by atoms with Gasteiger partial charge in [0.05, 0.1) is 15.9 Å². The van der Waals surface area contributed by atoms with Gasteiger partial charge in [0.2, 0.25) is 0 Å². The molecular formula is C13H20BrN3O. The first-order valence-corrected chi connectivity index (χ1v) is 7.19. The molecule has 2 rings (SSSR count). The van der Waals surface area contributed by atoms with Crippen molar-refractivity contribution in [1.82, 2.24) is 14.7 Å². The first kappa shape index (κ1) is 13.7. The molecule has 2 heterocycles. The van der Waals surface area contributed by atoms with Crippen LogP contribution in [0.3, 0.4) is 0 Å². The maximum atomic E-state index is 11.3. The van der Waals surface area contributed by atoms with Crippen LogP contribution in [0.2, 0.25) is 0 Å². The van der Waals surface area contributed by atoms with Gasteiger partial charge in [-0.1, -0.05) is 0 Å². The first-order valence-electron chi connectivity index (χ1n) is 6.40. The number of likely N-dealkylation sites (tertiary alicyclic amines) is 1. The molecule has 1 fully saturated rings. The molecule has 1 aliphatic rings. The Labute approximate surface area is 116 Å². The second-order valence-corrected chi connectivity index (χ2v) is 5.94. The lowest BCUT2D eigenvalue weighted by Crippen LogP contribution is -2.31. The summed E-state index contributed by atoms with van der Waals surface area (Å²) >= 11 is 3.60. The van der Waals surface area contributed by atoms with Gasteiger partial charge in [-0.2, -0.15) is 5.10 Å². The molecule has 1 aromatic heterocycles. The fourth-order valence-corrected chi connectivity index (χ4v) is 3.17. The van der Waals surface area contributed by atoms with Gasteiger partial charge in [0.15, 0.2) is 0 Å². The van der Waals surface area contributed by atoms with E-state index in [-0.39, 0.29) is 5.78 Å². The maximum Gasteiger partial charge on any atom is 0.131 e. The van der Waals surface area contributed by atoms with E-state index in [1.54, 1.807) is 6.92 Å². The Hall–Kier alpha value is -0.680. The summed E-state index contributed by atoms with van der Waals surface area (Å²) in [6, 6.07) is 0.407. The zero-order valence-corrected chi connectivity index (χ0v) is 12.8. The third-order valence-corrected chi connectivity index (χ3v) is 4.67. The Morgan fingerprint density at radius 1 is 1.56 bits per heavy atom. The standard InChI is InChI=1S/C13H20BrN3O/c1-9(18)7-11-5-4-6-17(11)8-12-13(14)10(2)15-16(12)3/h11H,4-8H2,1-3H3. The van der Waals surface area contributed by atoms with Gasteiger partial charge in [-0.3, -0.25) is 14.4 Å². The first-order chi connectivity index (χ1) is 8.49. The third kappa shape index (κ3) is 2.83. The highest BCUT2D eigenvalue weighted by Crippen LogP contribution is 2.27. The number of hydrogen-bond acceptors (Lipinski definition) is 3. The van der Waals surface area contributed by atoms with Crippen molar-refractivity contribution in [2.75, 3.05) is 6.54 Å². The van der Waals surface area contributed by atoms with Crippen LogP contribution in [0.1, 0.15) is 37.6 Å². The summed E-state index contributed by atoms with van der Waals surface area (Å²) in [6.07, 6.45) is 2.99. The quantitative estimate of drug-likeness (QED) is 0.857. The van der Waals surface area contributed by atoms with Crippen molar-refractivity contribution in [2.24, 2.45) is 7.05 Å². The molecule has 1 aromatic rings. The monoisotopic (exact) mass is 313 g/mol. The minimum absolute atomic E-state index is 0.284. The Morgan fingerprint density at radius 3 is 2.83 bits per heavy atom. The van der Waals surface area contributed by atoms with Gasteiger partial charge in [0.1, 0.15) is 5.78 Å². The smallest absolute Gasteiger partial charge is 0.131 e. The van der Waals surface area contributed by atoms with E-state index in [0.717, 1.165) is 29.7 Å². The second kappa shape index (κ2) is 5.53. The van der Waals surface area contributed by atoms with E-state index in [9.17, 15) is 4.79 Å². The van der Waals surface area contributed by atoms with E-state index in [0.29, 0.717) is 12.5 Å². The molecule has 0 aromatic carbocycles. The summed E-state index contributed by atoms with van der Waals surface area (Å²) in [7, 11) is 1.98. The van der Waals surface area contributed by atoms with Crippen LogP contribution in [0.4, 0.5) is 0 Å². The third-order valence-electron chi connectivity index (χ3n) is 3.64. The van der Waals surface area contributed by atoms with Crippen molar-refractivity contribution >= 4 is 21.7 Å². The summed E-state index contributed by atoms with van der Waals surface area (Å²) in [5.41, 5.74) is 2.22. The van der Waals surface area contributed by atoms with E-state index in [1.807, 2.05) is 18.7 Å². The molecule has 0 spiro atoms. The average Bonchev–Trinajstić information content (AvgIpc) is 2.79. The lowest BCUT2D eigenvalue weighted by molar-refractivity contribution is -0.118. The number of Topliss-reactive ketones (excluding diaryl/α,β-unsaturated/α-hetero) is 1. The Morgan fingerprint density at radius 2 is 2.28 bits per heavy atom. The Kier molecular flexibility index (Phi) is 4.22. The van der Waals surface area contributed by atoms with Crippen molar-refractivity contribution in [1.29, 1.82) is 0 Å². The number of carbonyl (C=O) groups is 1. The number of aromatic nitrogens is 2. The molecule has 0 amide bonds. The SMILES string of the molecule is CC(=O)CC1CCCN1Cc1c(Br)c(C)nn1C. The summed E-state index contributed by atoms with van der Waals surface area (Å²) in [5, 5.41) is 4.41. The summed E-state index contributed by atoms with van der Waals surface area (Å²) in [5.74, 6) is 0.284. The van der Waals surface area contributed by atoms with Crippen LogP contribution in [0, 0.1) is 6.92 Å². The summed E-state index contributed by atoms with van der Waals surface area (Å²) in [6.45, 7) is 5.63. The van der Waals surface area contributed by atoms with Crippen molar-refractivity contribution in [3.63, 3.8) is 0 Å². The fourth-order valence-electron chi connectivity index (χ4n) is 2.71. The van der Waals surface area contributed by atoms with Crippen molar-refractivity contribution in [3.8, 4) is 0 Å². The van der Waals surface area contributed by atoms with Crippen LogP contribution in [-0.4, -0.2) is 33.1 Å². The summed E-state index contributed by atoms with van der Waals surface area (Å²) < 4.78 is 3.03. The number of hydrogen-bond donors (Lipinski definition) is 0. The molecule has 0 bridgehead atoms. The van der Waals surface area contributed by atoms with Crippen LogP contribution >= 0.6 is 15.9 Å². The molecule has 100 valence electrons. The predicted octanol–water partition coefficient (Wildman–Crippen LogP) is 2.43. The van der Waals surface area contributed by atoms with Crippen LogP contribution in [0.25, 0.3) is 0 Å². The number of aryl methyl sites for hydroxylation is 2. The largest absolute Gasteiger partial charge is 0.300 e. The lowest BCUT2D eigenvalue weighted by Gasteiger charge is -2.23. The van der Waals surface area contributed by atoms with E-state index in [4.69, 9.17) is 0 Å². The zero-order chi connectivity index (χ0) is 13.3. The van der Waals surface area contributed by atoms with E-state index in [2.05, 4.69) is 25.9 Å². The molecule has 1 atom stereocenters. The molecule has 0 aliphatic carbocycles. The fraction of sp³-hybridized carbons (Fsp3) is 0.692. The van der Waals surface area contributed by atoms with Crippen molar-refractivity contribution in [2.45, 2.75) is 45.7 Å². The second-order valence-electron chi connectivity index (χ2n) is 5.14. The number of rotatable bonds is 4. The molecule has 1 saturated heterocycles. The zero-order valence-electron chi connectivity index (χ0n) is 11.2. The number of ketones is 1. The van der Waals surface area contributed by atoms with E-state index in [1.165, 1.54) is 12.1 Å². The Balaban J connectivity index is 2.10. The number of carbonyl (C=O) groups excluding carboxylic acids is 1. The summed E-state index contributed by atoms with van der Waals surface area (Å²) in [4.78, 5) is 13.7. The molecule has 0 saturated carbocycles. The normalized spacial score (nSPS) is 20.6. The van der Waals surface area contributed by atoms with Gasteiger partial charge in [-0.05, 0) is 49.2 Å². The number of halogens is 1. The highest BCUT2D eigenvalue weighted by atomic mass is 79.9. The van der Waals surface area contributed by atoms with Crippen LogP contribution < -0.4 is 0 Å². The molecule has 5 heteroatoms. The molecule has 0 radical (unpaired) electrons. The maximum absolute atomic E-state index is 11.3. The Bertz CT molecular complexity index is 455.